The standard InChI is InChI=1S/C21H28O6/c1-19-6-5-12(23)7-11(19)3-4-13-14-8-16(25)21(27,17(26)10-22)20(14,2)9-15(24)18(13)19/h5-7,13-16,18,22,24-25,27H,3-4,8-10H2,1-2H3/t13-,14+,15?,16-,18-,19+,20+,21+/m1/s1. The number of carbonyl (C=O) groups is 2. The molecular weight excluding hydrogens is 348 g/mol. The maximum atomic E-state index is 12.4. The predicted molar refractivity (Wildman–Crippen MR) is 96.4 cm³/mol. The molecule has 4 aliphatic rings. The first-order valence-corrected chi connectivity index (χ1v) is 9.76. The van der Waals surface area contributed by atoms with Gasteiger partial charge in [0.25, 0.3) is 0 Å². The van der Waals surface area contributed by atoms with E-state index < -0.39 is 41.0 Å². The Morgan fingerprint density at radius 2 is 2.00 bits per heavy atom. The summed E-state index contributed by atoms with van der Waals surface area (Å²) in [6.45, 7) is 2.96. The Morgan fingerprint density at radius 3 is 2.67 bits per heavy atom. The number of hydrogen-bond donors (Lipinski definition) is 4. The Bertz CT molecular complexity index is 756. The van der Waals surface area contributed by atoms with Crippen molar-refractivity contribution in [2.24, 2.45) is 28.6 Å². The molecule has 8 atom stereocenters. The molecule has 4 N–H and O–H groups in total. The minimum Gasteiger partial charge on any atom is -0.393 e. The summed E-state index contributed by atoms with van der Waals surface area (Å²) >= 11 is 0. The van der Waals surface area contributed by atoms with Crippen LogP contribution in [0.1, 0.15) is 39.5 Å². The van der Waals surface area contributed by atoms with E-state index in [1.165, 1.54) is 0 Å². The molecule has 6 heteroatoms. The third-order valence-corrected chi connectivity index (χ3v) is 8.28. The zero-order chi connectivity index (χ0) is 19.8. The zero-order valence-corrected chi connectivity index (χ0v) is 15.8. The first kappa shape index (κ1) is 19.0. The third kappa shape index (κ3) is 2.21. The van der Waals surface area contributed by atoms with Crippen LogP contribution in [0.25, 0.3) is 0 Å². The van der Waals surface area contributed by atoms with E-state index in [1.807, 2.05) is 13.0 Å². The quantitative estimate of drug-likeness (QED) is 0.559. The molecule has 0 saturated heterocycles. The summed E-state index contributed by atoms with van der Waals surface area (Å²) in [5.74, 6) is -1.09. The topological polar surface area (TPSA) is 115 Å². The van der Waals surface area contributed by atoms with Crippen molar-refractivity contribution in [2.45, 2.75) is 57.3 Å². The van der Waals surface area contributed by atoms with E-state index in [9.17, 15) is 30.0 Å². The van der Waals surface area contributed by atoms with E-state index in [0.717, 1.165) is 18.4 Å². The third-order valence-electron chi connectivity index (χ3n) is 8.28. The highest BCUT2D eigenvalue weighted by Crippen LogP contribution is 2.67. The van der Waals surface area contributed by atoms with Gasteiger partial charge in [0.1, 0.15) is 6.61 Å². The summed E-state index contributed by atoms with van der Waals surface area (Å²) < 4.78 is 0. The van der Waals surface area contributed by atoms with E-state index >= 15 is 0 Å². The molecule has 27 heavy (non-hydrogen) atoms. The lowest BCUT2D eigenvalue weighted by atomic mass is 9.46. The van der Waals surface area contributed by atoms with Gasteiger partial charge in [-0.3, -0.25) is 9.59 Å². The monoisotopic (exact) mass is 376 g/mol. The number of Topliss-reactive ketones (excluding diaryl/α,β-unsaturated/α-hetero) is 1. The molecule has 3 saturated carbocycles. The molecular formula is C21H28O6. The Kier molecular flexibility index (Phi) is 4.10. The molecule has 1 unspecified atom stereocenters. The molecule has 0 aromatic heterocycles. The van der Waals surface area contributed by atoms with Crippen molar-refractivity contribution in [2.75, 3.05) is 6.61 Å². The van der Waals surface area contributed by atoms with Gasteiger partial charge in [0.2, 0.25) is 0 Å². The molecule has 0 radical (unpaired) electrons. The minimum absolute atomic E-state index is 0.00826. The first-order chi connectivity index (χ1) is 12.6. The molecule has 4 aliphatic carbocycles. The van der Waals surface area contributed by atoms with Crippen molar-refractivity contribution >= 4 is 11.6 Å². The van der Waals surface area contributed by atoms with E-state index in [0.29, 0.717) is 0 Å². The largest absolute Gasteiger partial charge is 0.393 e. The Balaban J connectivity index is 1.78. The fraction of sp³-hybridized carbons (Fsp3) is 0.714. The van der Waals surface area contributed by atoms with Gasteiger partial charge in [-0.2, -0.15) is 0 Å². The van der Waals surface area contributed by atoms with E-state index in [1.54, 1.807) is 19.1 Å². The van der Waals surface area contributed by atoms with Crippen molar-refractivity contribution in [3.05, 3.63) is 23.8 Å². The maximum Gasteiger partial charge on any atom is 0.192 e. The van der Waals surface area contributed by atoms with Crippen LogP contribution in [-0.2, 0) is 9.59 Å². The second-order valence-electron chi connectivity index (χ2n) is 9.31. The smallest absolute Gasteiger partial charge is 0.192 e. The van der Waals surface area contributed by atoms with Crippen molar-refractivity contribution in [3.8, 4) is 0 Å². The van der Waals surface area contributed by atoms with Gasteiger partial charge in [-0.1, -0.05) is 25.5 Å². The van der Waals surface area contributed by atoms with Crippen molar-refractivity contribution in [3.63, 3.8) is 0 Å². The SMILES string of the molecule is C[C@]12C=CC(=O)C=C1CC[C@H]1[C@@H]2C(O)C[C@@]2(C)[C@H]1C[C@@H](O)[C@]2(O)C(=O)CO. The van der Waals surface area contributed by atoms with Crippen LogP contribution in [0.2, 0.25) is 0 Å². The summed E-state index contributed by atoms with van der Waals surface area (Å²) in [5.41, 5.74) is -2.46. The van der Waals surface area contributed by atoms with Gasteiger partial charge in [0.15, 0.2) is 17.2 Å². The van der Waals surface area contributed by atoms with Gasteiger partial charge >= 0.3 is 0 Å². The van der Waals surface area contributed by atoms with Gasteiger partial charge in [0, 0.05) is 16.7 Å². The maximum absolute atomic E-state index is 12.4. The first-order valence-electron chi connectivity index (χ1n) is 9.76. The van der Waals surface area contributed by atoms with Gasteiger partial charge in [-0.25, -0.2) is 0 Å². The normalized spacial score (nSPS) is 51.3. The number of aliphatic hydroxyl groups excluding tert-OH is 3. The van der Waals surface area contributed by atoms with Crippen LogP contribution in [0.5, 0.6) is 0 Å². The van der Waals surface area contributed by atoms with Crippen molar-refractivity contribution in [1.29, 1.82) is 0 Å². The summed E-state index contributed by atoms with van der Waals surface area (Å²) in [7, 11) is 0. The Labute approximate surface area is 158 Å². The van der Waals surface area contributed by atoms with E-state index in [-0.39, 0.29) is 36.4 Å². The van der Waals surface area contributed by atoms with Crippen molar-refractivity contribution < 1.29 is 30.0 Å². The Hall–Kier alpha value is -1.34. The average molecular weight is 376 g/mol. The molecule has 0 aliphatic heterocycles. The van der Waals surface area contributed by atoms with Crippen LogP contribution in [0.3, 0.4) is 0 Å². The highest BCUT2D eigenvalue weighted by atomic mass is 16.4. The second kappa shape index (κ2) is 5.83. The summed E-state index contributed by atoms with van der Waals surface area (Å²) in [4.78, 5) is 24.2. The van der Waals surface area contributed by atoms with Crippen LogP contribution in [0, 0.1) is 28.6 Å². The predicted octanol–water partition coefficient (Wildman–Crippen LogP) is 0.528. The molecule has 148 valence electrons. The molecule has 0 aromatic carbocycles. The summed E-state index contributed by atoms with van der Waals surface area (Å²) in [6, 6.07) is 0. The Morgan fingerprint density at radius 1 is 1.30 bits per heavy atom. The van der Waals surface area contributed by atoms with Gasteiger partial charge < -0.3 is 20.4 Å². The number of carbonyl (C=O) groups excluding carboxylic acids is 2. The highest BCUT2D eigenvalue weighted by Gasteiger charge is 2.71. The number of hydrogen-bond acceptors (Lipinski definition) is 6. The lowest BCUT2D eigenvalue weighted by molar-refractivity contribution is -0.190. The van der Waals surface area contributed by atoms with Crippen LogP contribution in [-0.4, -0.2) is 56.4 Å². The molecule has 0 aromatic rings. The minimum atomic E-state index is -2.05. The van der Waals surface area contributed by atoms with Gasteiger partial charge in [0.05, 0.1) is 12.2 Å². The van der Waals surface area contributed by atoms with Crippen LogP contribution in [0.4, 0.5) is 0 Å². The molecule has 0 heterocycles. The molecule has 0 amide bonds. The summed E-state index contributed by atoms with van der Waals surface area (Å²) in [5, 5.41) is 42.3. The second-order valence-corrected chi connectivity index (χ2v) is 9.31. The number of fused-ring (bicyclic) bond motifs is 5. The number of rotatable bonds is 2. The molecule has 4 rings (SSSR count). The fourth-order valence-electron chi connectivity index (χ4n) is 6.96. The van der Waals surface area contributed by atoms with Crippen LogP contribution in [0.15, 0.2) is 23.8 Å². The number of allylic oxidation sites excluding steroid dienone is 4. The molecule has 3 fully saturated rings. The zero-order valence-electron chi connectivity index (χ0n) is 15.8. The fourth-order valence-corrected chi connectivity index (χ4v) is 6.96. The lowest BCUT2D eigenvalue weighted by Crippen LogP contribution is -2.63. The molecule has 6 nitrogen and oxygen atoms in total. The van der Waals surface area contributed by atoms with Gasteiger partial charge in [-0.05, 0) is 49.7 Å². The van der Waals surface area contributed by atoms with Crippen molar-refractivity contribution in [1.82, 2.24) is 0 Å². The number of aliphatic hydroxyl groups is 4. The average Bonchev–Trinajstić information content (AvgIpc) is 2.82. The summed E-state index contributed by atoms with van der Waals surface area (Å²) in [6.07, 6.45) is 4.97. The molecule has 0 bridgehead atoms. The number of ketones is 2. The lowest BCUT2D eigenvalue weighted by Gasteiger charge is -2.59. The molecule has 0 spiro atoms. The van der Waals surface area contributed by atoms with Crippen LogP contribution < -0.4 is 0 Å². The van der Waals surface area contributed by atoms with Crippen LogP contribution >= 0.6 is 0 Å². The van der Waals surface area contributed by atoms with Gasteiger partial charge in [-0.15, -0.1) is 0 Å². The highest BCUT2D eigenvalue weighted by molar-refractivity contribution is 6.01. The van der Waals surface area contributed by atoms with E-state index in [4.69, 9.17) is 0 Å². The van der Waals surface area contributed by atoms with E-state index in [2.05, 4.69) is 0 Å².